The number of nitrogens with one attached hydrogen (secondary N) is 1. The number of nitrogens with zero attached hydrogens (tertiary/aromatic N) is 2. The van der Waals surface area contributed by atoms with Crippen molar-refractivity contribution < 1.29 is 4.79 Å². The van der Waals surface area contributed by atoms with E-state index < -0.39 is 5.54 Å². The molecular formula is C19H24ClN3O. The van der Waals surface area contributed by atoms with Crippen LogP contribution in [0.25, 0.3) is 0 Å². The molecule has 1 N–H and O–H groups in total. The summed E-state index contributed by atoms with van der Waals surface area (Å²) in [5, 5.41) is 13.1. The normalized spacial score (nSPS) is 21.0. The fourth-order valence-electron chi connectivity index (χ4n) is 3.30. The second-order valence-corrected chi connectivity index (χ2v) is 7.70. The summed E-state index contributed by atoms with van der Waals surface area (Å²) < 4.78 is 0. The van der Waals surface area contributed by atoms with Crippen LogP contribution >= 0.6 is 11.6 Å². The number of amides is 1. The van der Waals surface area contributed by atoms with E-state index in [-0.39, 0.29) is 11.9 Å². The number of carbonyl (C=O) groups is 1. The lowest BCUT2D eigenvalue weighted by Crippen LogP contribution is -2.50. The molecule has 0 aromatic heterocycles. The van der Waals surface area contributed by atoms with Crippen molar-refractivity contribution in [3.8, 4) is 6.07 Å². The molecule has 0 heterocycles. The van der Waals surface area contributed by atoms with E-state index in [1.165, 1.54) is 0 Å². The highest BCUT2D eigenvalue weighted by Gasteiger charge is 2.43. The Kier molecular flexibility index (Phi) is 4.85. The van der Waals surface area contributed by atoms with Gasteiger partial charge in [-0.2, -0.15) is 5.26 Å². The average Bonchev–Trinajstić information content (AvgIpc) is 3.44. The van der Waals surface area contributed by atoms with Crippen molar-refractivity contribution in [2.45, 2.75) is 57.2 Å². The van der Waals surface area contributed by atoms with Gasteiger partial charge < -0.3 is 5.32 Å². The number of benzene rings is 1. The van der Waals surface area contributed by atoms with Crippen LogP contribution in [0.3, 0.4) is 0 Å². The summed E-state index contributed by atoms with van der Waals surface area (Å²) in [6.07, 6.45) is 4.31. The molecule has 2 aliphatic rings. The summed E-state index contributed by atoms with van der Waals surface area (Å²) in [5.41, 5.74) is 0.430. The van der Waals surface area contributed by atoms with Crippen molar-refractivity contribution >= 4 is 17.5 Å². The molecule has 2 aliphatic carbocycles. The fraction of sp³-hybridized carbons (Fsp3) is 0.579. The van der Waals surface area contributed by atoms with Crippen molar-refractivity contribution in [1.29, 1.82) is 5.26 Å². The quantitative estimate of drug-likeness (QED) is 0.820. The molecule has 0 saturated heterocycles. The standard InChI is InChI=1S/C19H24ClN3O/c1-13(14-3-7-16(20)8-4-14)23(17-9-10-17)11-18(24)22-19(2,12-21)15-5-6-15/h3-4,7-8,13,15,17H,5-6,9-11H2,1-2H3,(H,22,24)/t13-,19-/m0/s1. The summed E-state index contributed by atoms with van der Waals surface area (Å²) in [7, 11) is 0. The first kappa shape index (κ1) is 17.3. The fourth-order valence-corrected chi connectivity index (χ4v) is 3.42. The number of rotatable bonds is 7. The third kappa shape index (κ3) is 3.91. The summed E-state index contributed by atoms with van der Waals surface area (Å²) in [6, 6.07) is 10.7. The third-order valence-corrected chi connectivity index (χ3v) is 5.47. The maximum absolute atomic E-state index is 12.6. The largest absolute Gasteiger partial charge is 0.337 e. The maximum atomic E-state index is 12.6. The van der Waals surface area contributed by atoms with Gasteiger partial charge in [0.2, 0.25) is 5.91 Å². The van der Waals surface area contributed by atoms with Crippen LogP contribution in [0.4, 0.5) is 0 Å². The van der Waals surface area contributed by atoms with E-state index in [0.717, 1.165) is 36.3 Å². The van der Waals surface area contributed by atoms with E-state index in [1.54, 1.807) is 0 Å². The Bertz CT molecular complexity index is 646. The van der Waals surface area contributed by atoms with Gasteiger partial charge in [-0.15, -0.1) is 0 Å². The van der Waals surface area contributed by atoms with Crippen LogP contribution in [0.1, 0.15) is 51.1 Å². The van der Waals surface area contributed by atoms with Gasteiger partial charge in [-0.05, 0) is 63.1 Å². The highest BCUT2D eigenvalue weighted by molar-refractivity contribution is 6.30. The molecule has 2 fully saturated rings. The molecule has 5 heteroatoms. The lowest BCUT2D eigenvalue weighted by atomic mass is 9.98. The number of hydrogen-bond donors (Lipinski definition) is 1. The average molecular weight is 346 g/mol. The second-order valence-electron chi connectivity index (χ2n) is 7.27. The van der Waals surface area contributed by atoms with Crippen LogP contribution < -0.4 is 5.32 Å². The molecule has 4 nitrogen and oxygen atoms in total. The van der Waals surface area contributed by atoms with E-state index in [9.17, 15) is 10.1 Å². The van der Waals surface area contributed by atoms with Crippen molar-refractivity contribution in [1.82, 2.24) is 10.2 Å². The van der Waals surface area contributed by atoms with E-state index in [4.69, 9.17) is 11.6 Å². The number of hydrogen-bond acceptors (Lipinski definition) is 3. The molecule has 0 spiro atoms. The molecule has 1 amide bonds. The Morgan fingerprint density at radius 2 is 2.00 bits per heavy atom. The zero-order valence-corrected chi connectivity index (χ0v) is 15.0. The lowest BCUT2D eigenvalue weighted by molar-refractivity contribution is -0.124. The molecule has 128 valence electrons. The van der Waals surface area contributed by atoms with Gasteiger partial charge in [0.05, 0.1) is 12.6 Å². The van der Waals surface area contributed by atoms with Crippen molar-refractivity contribution in [2.24, 2.45) is 5.92 Å². The van der Waals surface area contributed by atoms with E-state index in [2.05, 4.69) is 23.2 Å². The number of nitriles is 1. The summed E-state index contributed by atoms with van der Waals surface area (Å²) >= 11 is 5.97. The minimum absolute atomic E-state index is 0.0568. The number of halogens is 1. The van der Waals surface area contributed by atoms with Gasteiger partial charge >= 0.3 is 0 Å². The van der Waals surface area contributed by atoms with Crippen molar-refractivity contribution in [3.05, 3.63) is 34.9 Å². The zero-order valence-electron chi connectivity index (χ0n) is 14.3. The van der Waals surface area contributed by atoms with Gasteiger partial charge in [-0.25, -0.2) is 0 Å². The van der Waals surface area contributed by atoms with Crippen LogP contribution in [0.2, 0.25) is 5.02 Å². The van der Waals surface area contributed by atoms with E-state index >= 15 is 0 Å². The Labute approximate surface area is 148 Å². The Morgan fingerprint density at radius 3 is 2.50 bits per heavy atom. The smallest absolute Gasteiger partial charge is 0.235 e. The molecule has 1 aromatic rings. The highest BCUT2D eigenvalue weighted by Crippen LogP contribution is 2.39. The van der Waals surface area contributed by atoms with Crippen LogP contribution in [-0.4, -0.2) is 28.9 Å². The molecule has 2 atom stereocenters. The van der Waals surface area contributed by atoms with Gasteiger partial charge in [-0.1, -0.05) is 23.7 Å². The third-order valence-electron chi connectivity index (χ3n) is 5.22. The molecule has 24 heavy (non-hydrogen) atoms. The minimum atomic E-state index is -0.726. The number of carbonyl (C=O) groups excluding carboxylic acids is 1. The van der Waals surface area contributed by atoms with E-state index in [1.807, 2.05) is 31.2 Å². The van der Waals surface area contributed by atoms with Crippen LogP contribution in [0, 0.1) is 17.2 Å². The monoisotopic (exact) mass is 345 g/mol. The molecule has 0 unspecified atom stereocenters. The van der Waals surface area contributed by atoms with Crippen LogP contribution in [0.15, 0.2) is 24.3 Å². The molecular weight excluding hydrogens is 322 g/mol. The Morgan fingerprint density at radius 1 is 1.38 bits per heavy atom. The SMILES string of the molecule is C[C@@H](c1ccc(Cl)cc1)N(CC(=O)N[C@@](C)(C#N)C1CC1)C1CC1. The predicted octanol–water partition coefficient (Wildman–Crippen LogP) is 3.67. The summed E-state index contributed by atoms with van der Waals surface area (Å²) in [5.74, 6) is 0.244. The first-order chi connectivity index (χ1) is 11.4. The van der Waals surface area contributed by atoms with Crippen molar-refractivity contribution in [3.63, 3.8) is 0 Å². The molecule has 3 rings (SSSR count). The molecule has 0 aliphatic heterocycles. The first-order valence-corrected chi connectivity index (χ1v) is 9.04. The summed E-state index contributed by atoms with van der Waals surface area (Å²) in [4.78, 5) is 14.8. The van der Waals surface area contributed by atoms with Crippen molar-refractivity contribution in [2.75, 3.05) is 6.54 Å². The maximum Gasteiger partial charge on any atom is 0.235 e. The van der Waals surface area contributed by atoms with E-state index in [0.29, 0.717) is 18.5 Å². The molecule has 2 saturated carbocycles. The highest BCUT2D eigenvalue weighted by atomic mass is 35.5. The van der Waals surface area contributed by atoms with Gasteiger partial charge in [0.15, 0.2) is 0 Å². The Balaban J connectivity index is 1.66. The topological polar surface area (TPSA) is 56.1 Å². The minimum Gasteiger partial charge on any atom is -0.337 e. The summed E-state index contributed by atoms with van der Waals surface area (Å²) in [6.45, 7) is 4.30. The van der Waals surface area contributed by atoms with Crippen LogP contribution in [-0.2, 0) is 4.79 Å². The van der Waals surface area contributed by atoms with Gasteiger partial charge in [0.1, 0.15) is 5.54 Å². The Hall–Kier alpha value is -1.57. The van der Waals surface area contributed by atoms with Crippen LogP contribution in [0.5, 0.6) is 0 Å². The van der Waals surface area contributed by atoms with Gasteiger partial charge in [-0.3, -0.25) is 9.69 Å². The van der Waals surface area contributed by atoms with Gasteiger partial charge in [0, 0.05) is 17.1 Å². The molecule has 0 radical (unpaired) electrons. The second kappa shape index (κ2) is 6.74. The first-order valence-electron chi connectivity index (χ1n) is 8.66. The lowest BCUT2D eigenvalue weighted by Gasteiger charge is -2.31. The molecule has 1 aromatic carbocycles. The predicted molar refractivity (Wildman–Crippen MR) is 94.5 cm³/mol. The molecule has 0 bridgehead atoms. The zero-order chi connectivity index (χ0) is 17.3. The van der Waals surface area contributed by atoms with Gasteiger partial charge in [0.25, 0.3) is 0 Å².